The van der Waals surface area contributed by atoms with Crippen molar-refractivity contribution in [1.82, 2.24) is 0 Å². The summed E-state index contributed by atoms with van der Waals surface area (Å²) in [6.07, 6.45) is 0. The van der Waals surface area contributed by atoms with Gasteiger partial charge in [-0.15, -0.1) is 0 Å². The molecule has 2 aromatic carbocycles. The van der Waals surface area contributed by atoms with Crippen LogP contribution in [0.2, 0.25) is 28.2 Å². The summed E-state index contributed by atoms with van der Waals surface area (Å²) >= 11 is 11.9. The van der Waals surface area contributed by atoms with E-state index in [1.165, 1.54) is 0 Å². The SMILES string of the molecule is CC(C)(C)[Si](C)(C)Oc1ccc(C#Cc2ccc(Cl)c(Cl)c2)cc1. The largest absolute Gasteiger partial charge is 0.544 e. The number of hydrogen-bond acceptors (Lipinski definition) is 1. The molecule has 2 rings (SSSR count). The molecule has 24 heavy (non-hydrogen) atoms. The number of halogens is 2. The van der Waals surface area contributed by atoms with E-state index in [1.807, 2.05) is 30.3 Å². The van der Waals surface area contributed by atoms with Crippen LogP contribution in [0.1, 0.15) is 31.9 Å². The van der Waals surface area contributed by atoms with Gasteiger partial charge in [-0.1, -0.05) is 55.8 Å². The van der Waals surface area contributed by atoms with Crippen LogP contribution >= 0.6 is 23.2 Å². The lowest BCUT2D eigenvalue weighted by molar-refractivity contribution is 0.492. The zero-order valence-corrected chi connectivity index (χ0v) is 17.2. The minimum absolute atomic E-state index is 0.180. The molecule has 0 saturated heterocycles. The van der Waals surface area contributed by atoms with E-state index in [9.17, 15) is 0 Å². The summed E-state index contributed by atoms with van der Waals surface area (Å²) in [5.41, 5.74) is 1.77. The molecule has 0 aliphatic rings. The van der Waals surface area contributed by atoms with Crippen LogP contribution in [0.3, 0.4) is 0 Å². The minimum Gasteiger partial charge on any atom is -0.544 e. The predicted octanol–water partition coefficient (Wildman–Crippen LogP) is 6.78. The molecule has 0 unspecified atom stereocenters. The van der Waals surface area contributed by atoms with Gasteiger partial charge in [-0.3, -0.25) is 0 Å². The molecule has 0 aliphatic carbocycles. The molecule has 0 aromatic heterocycles. The highest BCUT2D eigenvalue weighted by Gasteiger charge is 2.38. The van der Waals surface area contributed by atoms with Gasteiger partial charge in [0.15, 0.2) is 0 Å². The molecular formula is C20H22Cl2OSi. The van der Waals surface area contributed by atoms with Gasteiger partial charge in [0.1, 0.15) is 5.75 Å². The maximum atomic E-state index is 6.27. The molecule has 0 heterocycles. The number of hydrogen-bond donors (Lipinski definition) is 0. The molecular weight excluding hydrogens is 355 g/mol. The van der Waals surface area contributed by atoms with Crippen molar-refractivity contribution in [2.24, 2.45) is 0 Å². The Morgan fingerprint density at radius 2 is 1.38 bits per heavy atom. The predicted molar refractivity (Wildman–Crippen MR) is 107 cm³/mol. The Bertz CT molecular complexity index is 778. The van der Waals surface area contributed by atoms with Crippen LogP contribution in [0, 0.1) is 11.8 Å². The van der Waals surface area contributed by atoms with Crippen molar-refractivity contribution in [2.45, 2.75) is 38.9 Å². The first-order chi connectivity index (χ1) is 11.1. The van der Waals surface area contributed by atoms with Crippen LogP contribution in [0.4, 0.5) is 0 Å². The van der Waals surface area contributed by atoms with Crippen LogP contribution in [0.25, 0.3) is 0 Å². The van der Waals surface area contributed by atoms with Crippen LogP contribution in [-0.4, -0.2) is 8.32 Å². The Morgan fingerprint density at radius 3 is 1.92 bits per heavy atom. The van der Waals surface area contributed by atoms with Gasteiger partial charge < -0.3 is 4.43 Å². The molecule has 0 aliphatic heterocycles. The zero-order valence-electron chi connectivity index (χ0n) is 14.7. The Labute approximate surface area is 156 Å². The molecule has 2 aromatic rings. The van der Waals surface area contributed by atoms with Crippen LogP contribution in [-0.2, 0) is 0 Å². The average Bonchev–Trinajstić information content (AvgIpc) is 2.48. The third-order valence-corrected chi connectivity index (χ3v) is 9.40. The van der Waals surface area contributed by atoms with Crippen molar-refractivity contribution in [3.05, 3.63) is 63.6 Å². The van der Waals surface area contributed by atoms with Crippen molar-refractivity contribution < 1.29 is 4.43 Å². The summed E-state index contributed by atoms with van der Waals surface area (Å²) in [6, 6.07) is 13.3. The fourth-order valence-electron chi connectivity index (χ4n) is 1.77. The lowest BCUT2D eigenvalue weighted by Crippen LogP contribution is -2.43. The topological polar surface area (TPSA) is 9.23 Å². The van der Waals surface area contributed by atoms with Gasteiger partial charge in [-0.05, 0) is 60.6 Å². The second-order valence-corrected chi connectivity index (χ2v) is 12.8. The molecule has 0 amide bonds. The van der Waals surface area contributed by atoms with E-state index in [0.717, 1.165) is 16.9 Å². The highest BCUT2D eigenvalue weighted by molar-refractivity contribution is 6.74. The summed E-state index contributed by atoms with van der Waals surface area (Å²) in [5.74, 6) is 7.13. The molecule has 126 valence electrons. The summed E-state index contributed by atoms with van der Waals surface area (Å²) in [6.45, 7) is 11.2. The second-order valence-electron chi connectivity index (χ2n) is 7.27. The maximum absolute atomic E-state index is 6.27. The molecule has 0 bridgehead atoms. The van der Waals surface area contributed by atoms with Gasteiger partial charge in [-0.25, -0.2) is 0 Å². The molecule has 0 saturated carbocycles. The fourth-order valence-corrected chi connectivity index (χ4v) is 3.10. The monoisotopic (exact) mass is 376 g/mol. The Hall–Kier alpha value is -1.40. The van der Waals surface area contributed by atoms with Gasteiger partial charge in [0.05, 0.1) is 10.0 Å². The highest BCUT2D eigenvalue weighted by atomic mass is 35.5. The lowest BCUT2D eigenvalue weighted by Gasteiger charge is -2.36. The molecule has 0 spiro atoms. The molecule has 4 heteroatoms. The number of benzene rings is 2. The normalized spacial score (nSPS) is 11.6. The second kappa shape index (κ2) is 7.23. The van der Waals surface area contributed by atoms with Gasteiger partial charge >= 0.3 is 0 Å². The third-order valence-electron chi connectivity index (χ3n) is 4.30. The molecule has 0 fully saturated rings. The Morgan fingerprint density at radius 1 is 0.833 bits per heavy atom. The van der Waals surface area contributed by atoms with Crippen molar-refractivity contribution in [1.29, 1.82) is 0 Å². The Balaban J connectivity index is 2.13. The summed E-state index contributed by atoms with van der Waals surface area (Å²) in [5, 5.41) is 1.23. The van der Waals surface area contributed by atoms with Gasteiger partial charge in [-0.2, -0.15) is 0 Å². The highest BCUT2D eigenvalue weighted by Crippen LogP contribution is 2.37. The van der Waals surface area contributed by atoms with Crippen molar-refractivity contribution in [3.63, 3.8) is 0 Å². The maximum Gasteiger partial charge on any atom is 0.250 e. The van der Waals surface area contributed by atoms with Crippen LogP contribution in [0.15, 0.2) is 42.5 Å². The molecule has 0 atom stereocenters. The standard InChI is InChI=1S/C20H22Cl2OSi/c1-20(2,3)24(4,5)23-17-11-8-15(9-12-17)6-7-16-10-13-18(21)19(22)14-16/h8-14H,1-5H3. The fraction of sp³-hybridized carbons (Fsp3) is 0.300. The Kier molecular flexibility index (Phi) is 5.70. The first-order valence-corrected chi connectivity index (χ1v) is 11.5. The van der Waals surface area contributed by atoms with Crippen molar-refractivity contribution in [2.75, 3.05) is 0 Å². The van der Waals surface area contributed by atoms with Crippen molar-refractivity contribution >= 4 is 31.5 Å². The lowest BCUT2D eigenvalue weighted by atomic mass is 10.2. The van der Waals surface area contributed by atoms with E-state index >= 15 is 0 Å². The van der Waals surface area contributed by atoms with E-state index in [4.69, 9.17) is 27.6 Å². The van der Waals surface area contributed by atoms with E-state index < -0.39 is 8.32 Å². The van der Waals surface area contributed by atoms with Gasteiger partial charge in [0, 0.05) is 11.1 Å². The molecule has 0 radical (unpaired) electrons. The van der Waals surface area contributed by atoms with Crippen LogP contribution < -0.4 is 4.43 Å². The van der Waals surface area contributed by atoms with Gasteiger partial charge in [0.2, 0.25) is 8.32 Å². The summed E-state index contributed by atoms with van der Waals surface area (Å²) < 4.78 is 6.27. The first kappa shape index (κ1) is 18.9. The summed E-state index contributed by atoms with van der Waals surface area (Å²) in [7, 11) is -1.81. The zero-order chi connectivity index (χ0) is 18.0. The first-order valence-electron chi connectivity index (χ1n) is 7.85. The van der Waals surface area contributed by atoms with E-state index in [0.29, 0.717) is 10.0 Å². The minimum atomic E-state index is -1.81. The third kappa shape index (κ3) is 4.80. The molecule has 0 N–H and O–H groups in total. The van der Waals surface area contributed by atoms with Crippen molar-refractivity contribution in [3.8, 4) is 17.6 Å². The van der Waals surface area contributed by atoms with Gasteiger partial charge in [0.25, 0.3) is 0 Å². The average molecular weight is 377 g/mol. The molecule has 1 nitrogen and oxygen atoms in total. The quantitative estimate of drug-likeness (QED) is 0.414. The van der Waals surface area contributed by atoms with Crippen LogP contribution in [0.5, 0.6) is 5.75 Å². The summed E-state index contributed by atoms with van der Waals surface area (Å²) in [4.78, 5) is 0. The van der Waals surface area contributed by atoms with E-state index in [-0.39, 0.29) is 5.04 Å². The number of rotatable bonds is 2. The smallest absolute Gasteiger partial charge is 0.250 e. The van der Waals surface area contributed by atoms with E-state index in [1.54, 1.807) is 12.1 Å². The van der Waals surface area contributed by atoms with E-state index in [2.05, 4.69) is 45.7 Å².